The maximum absolute atomic E-state index is 11.4. The molecule has 15 heavy (non-hydrogen) atoms. The average Bonchev–Trinajstić information content (AvgIpc) is 2.29. The lowest BCUT2D eigenvalue weighted by Crippen LogP contribution is -2.22. The number of amides is 1. The highest BCUT2D eigenvalue weighted by Crippen LogP contribution is 2.15. The van der Waals surface area contributed by atoms with Crippen LogP contribution in [0, 0.1) is 5.92 Å². The minimum absolute atomic E-state index is 0.151. The van der Waals surface area contributed by atoms with Crippen molar-refractivity contribution < 1.29 is 14.6 Å². The number of benzene rings is 1. The van der Waals surface area contributed by atoms with Crippen molar-refractivity contribution >= 4 is 11.6 Å². The van der Waals surface area contributed by atoms with Gasteiger partial charge in [-0.05, 0) is 24.3 Å². The molecule has 1 amide bonds. The van der Waals surface area contributed by atoms with Crippen LogP contribution in [0.1, 0.15) is 6.92 Å². The third kappa shape index (κ3) is 3.25. The molecule has 0 heterocycles. The maximum Gasteiger partial charge on any atom is 0.229 e. The summed E-state index contributed by atoms with van der Waals surface area (Å²) < 4.78 is 4.99. The Hall–Kier alpha value is -1.55. The highest BCUT2D eigenvalue weighted by atomic mass is 16.5. The normalized spacial score (nSPS) is 11.9. The van der Waals surface area contributed by atoms with Gasteiger partial charge in [-0.2, -0.15) is 0 Å². The molecule has 0 aliphatic rings. The van der Waals surface area contributed by atoms with Gasteiger partial charge in [0, 0.05) is 5.69 Å². The van der Waals surface area contributed by atoms with Gasteiger partial charge in [0.15, 0.2) is 0 Å². The molecular weight excluding hydrogens is 194 g/mol. The van der Waals surface area contributed by atoms with Crippen molar-refractivity contribution in [2.24, 2.45) is 5.92 Å². The van der Waals surface area contributed by atoms with Crippen molar-refractivity contribution in [3.63, 3.8) is 0 Å². The lowest BCUT2D eigenvalue weighted by molar-refractivity contribution is -0.120. The Bertz CT molecular complexity index is 321. The quantitative estimate of drug-likeness (QED) is 0.785. The minimum Gasteiger partial charge on any atom is -0.497 e. The molecule has 2 N–H and O–H groups in total. The van der Waals surface area contributed by atoms with Crippen LogP contribution >= 0.6 is 0 Å². The van der Waals surface area contributed by atoms with Crippen molar-refractivity contribution in [3.05, 3.63) is 24.3 Å². The zero-order chi connectivity index (χ0) is 11.3. The number of hydrogen-bond acceptors (Lipinski definition) is 3. The summed E-state index contributed by atoms with van der Waals surface area (Å²) >= 11 is 0. The zero-order valence-corrected chi connectivity index (χ0v) is 8.86. The number of carbonyl (C=O) groups is 1. The summed E-state index contributed by atoms with van der Waals surface area (Å²) in [5.41, 5.74) is 0.695. The fraction of sp³-hybridized carbons (Fsp3) is 0.364. The molecule has 0 saturated heterocycles. The first-order chi connectivity index (χ1) is 7.17. The molecule has 0 spiro atoms. The topological polar surface area (TPSA) is 58.6 Å². The number of aliphatic hydroxyl groups is 1. The number of anilines is 1. The molecule has 0 aliphatic heterocycles. The number of aliphatic hydroxyl groups excluding tert-OH is 1. The molecule has 0 saturated carbocycles. The van der Waals surface area contributed by atoms with Gasteiger partial charge in [0.25, 0.3) is 0 Å². The molecule has 1 aromatic rings. The molecule has 0 aliphatic carbocycles. The van der Waals surface area contributed by atoms with Crippen LogP contribution in [0.5, 0.6) is 5.75 Å². The van der Waals surface area contributed by atoms with E-state index < -0.39 is 5.92 Å². The second kappa shape index (κ2) is 5.36. The first-order valence-electron chi connectivity index (χ1n) is 4.73. The van der Waals surface area contributed by atoms with E-state index in [1.807, 2.05) is 0 Å². The maximum atomic E-state index is 11.4. The molecule has 1 aromatic carbocycles. The van der Waals surface area contributed by atoms with Crippen molar-refractivity contribution in [1.29, 1.82) is 0 Å². The lowest BCUT2D eigenvalue weighted by Gasteiger charge is -2.09. The van der Waals surface area contributed by atoms with Gasteiger partial charge in [0.1, 0.15) is 5.75 Å². The number of carbonyl (C=O) groups excluding carboxylic acids is 1. The SMILES string of the molecule is COc1ccc(NC(=O)[C@H](C)CO)cc1. The fourth-order valence-electron chi connectivity index (χ4n) is 1.02. The van der Waals surface area contributed by atoms with Crippen molar-refractivity contribution in [3.8, 4) is 5.75 Å². The molecule has 0 aromatic heterocycles. The van der Waals surface area contributed by atoms with Gasteiger partial charge in [0.05, 0.1) is 19.6 Å². The third-order valence-corrected chi connectivity index (χ3v) is 2.08. The highest BCUT2D eigenvalue weighted by Gasteiger charge is 2.11. The molecule has 1 rings (SSSR count). The summed E-state index contributed by atoms with van der Waals surface area (Å²) in [6, 6.07) is 7.03. The van der Waals surface area contributed by atoms with E-state index in [9.17, 15) is 4.79 Å². The van der Waals surface area contributed by atoms with Crippen molar-refractivity contribution in [2.45, 2.75) is 6.92 Å². The Morgan fingerprint density at radius 2 is 2.07 bits per heavy atom. The van der Waals surface area contributed by atoms with Gasteiger partial charge in [-0.15, -0.1) is 0 Å². The minimum atomic E-state index is -0.396. The first kappa shape index (κ1) is 11.5. The van der Waals surface area contributed by atoms with Crippen LogP contribution in [0.25, 0.3) is 0 Å². The molecule has 4 nitrogen and oxygen atoms in total. The molecule has 0 unspecified atom stereocenters. The number of rotatable bonds is 4. The molecule has 0 radical (unpaired) electrons. The van der Waals surface area contributed by atoms with E-state index in [1.54, 1.807) is 38.3 Å². The van der Waals surface area contributed by atoms with E-state index in [0.29, 0.717) is 5.69 Å². The fourth-order valence-corrected chi connectivity index (χ4v) is 1.02. The predicted molar refractivity (Wildman–Crippen MR) is 57.9 cm³/mol. The van der Waals surface area contributed by atoms with Gasteiger partial charge in [-0.25, -0.2) is 0 Å². The molecule has 82 valence electrons. The van der Waals surface area contributed by atoms with E-state index in [-0.39, 0.29) is 12.5 Å². The highest BCUT2D eigenvalue weighted by molar-refractivity contribution is 5.92. The zero-order valence-electron chi connectivity index (χ0n) is 8.86. The van der Waals surface area contributed by atoms with Crippen molar-refractivity contribution in [1.82, 2.24) is 0 Å². The first-order valence-corrected chi connectivity index (χ1v) is 4.73. The smallest absolute Gasteiger partial charge is 0.229 e. The van der Waals surface area contributed by atoms with E-state index in [1.165, 1.54) is 0 Å². The summed E-state index contributed by atoms with van der Waals surface area (Å²) in [6.07, 6.45) is 0. The summed E-state index contributed by atoms with van der Waals surface area (Å²) in [5, 5.41) is 11.5. The molecule has 0 fully saturated rings. The molecule has 4 heteroatoms. The Morgan fingerprint density at radius 3 is 2.53 bits per heavy atom. The van der Waals surface area contributed by atoms with Crippen LogP contribution in [0.4, 0.5) is 5.69 Å². The van der Waals surface area contributed by atoms with Crippen LogP contribution in [0.2, 0.25) is 0 Å². The monoisotopic (exact) mass is 209 g/mol. The molecule has 1 atom stereocenters. The van der Waals surface area contributed by atoms with E-state index in [2.05, 4.69) is 5.32 Å². The van der Waals surface area contributed by atoms with Gasteiger partial charge in [-0.1, -0.05) is 6.92 Å². The molecular formula is C11H15NO3. The van der Waals surface area contributed by atoms with Gasteiger partial charge in [-0.3, -0.25) is 4.79 Å². The summed E-state index contributed by atoms with van der Waals surface area (Å²) in [5.74, 6) is 0.151. The largest absolute Gasteiger partial charge is 0.497 e. The lowest BCUT2D eigenvalue weighted by atomic mass is 10.2. The summed E-state index contributed by atoms with van der Waals surface area (Å²) in [6.45, 7) is 1.51. The van der Waals surface area contributed by atoms with Gasteiger partial charge in [0.2, 0.25) is 5.91 Å². The van der Waals surface area contributed by atoms with Crippen LogP contribution in [0.15, 0.2) is 24.3 Å². The van der Waals surface area contributed by atoms with Crippen LogP contribution in [0.3, 0.4) is 0 Å². The molecule has 0 bridgehead atoms. The summed E-state index contributed by atoms with van der Waals surface area (Å²) in [7, 11) is 1.58. The van der Waals surface area contributed by atoms with Crippen LogP contribution in [-0.2, 0) is 4.79 Å². The standard InChI is InChI=1S/C11H15NO3/c1-8(7-13)11(14)12-9-3-5-10(15-2)6-4-9/h3-6,8,13H,7H2,1-2H3,(H,12,14)/t8-/m1/s1. The second-order valence-electron chi connectivity index (χ2n) is 3.30. The van der Waals surface area contributed by atoms with E-state index in [0.717, 1.165) is 5.75 Å². The average molecular weight is 209 g/mol. The Morgan fingerprint density at radius 1 is 1.47 bits per heavy atom. The Kier molecular flexibility index (Phi) is 4.12. The number of methoxy groups -OCH3 is 1. The number of hydrogen-bond donors (Lipinski definition) is 2. The number of ether oxygens (including phenoxy) is 1. The van der Waals surface area contributed by atoms with Crippen LogP contribution < -0.4 is 10.1 Å². The third-order valence-electron chi connectivity index (χ3n) is 2.08. The van der Waals surface area contributed by atoms with Crippen LogP contribution in [-0.4, -0.2) is 24.7 Å². The van der Waals surface area contributed by atoms with Gasteiger partial charge < -0.3 is 15.2 Å². The summed E-state index contributed by atoms with van der Waals surface area (Å²) in [4.78, 5) is 11.4. The Labute approximate surface area is 88.9 Å². The Balaban J connectivity index is 2.61. The number of nitrogens with one attached hydrogen (secondary N) is 1. The van der Waals surface area contributed by atoms with E-state index >= 15 is 0 Å². The second-order valence-corrected chi connectivity index (χ2v) is 3.30. The predicted octanol–water partition coefficient (Wildman–Crippen LogP) is 1.26. The van der Waals surface area contributed by atoms with Gasteiger partial charge >= 0.3 is 0 Å². The van der Waals surface area contributed by atoms with E-state index in [4.69, 9.17) is 9.84 Å². The van der Waals surface area contributed by atoms with Crippen molar-refractivity contribution in [2.75, 3.05) is 19.0 Å².